The molecule has 4 rings (SSSR count). The maximum atomic E-state index is 12.1. The summed E-state index contributed by atoms with van der Waals surface area (Å²) in [5, 5.41) is 21.6. The van der Waals surface area contributed by atoms with Gasteiger partial charge in [-0.15, -0.1) is 5.10 Å². The van der Waals surface area contributed by atoms with E-state index in [4.69, 9.17) is 20.5 Å². The monoisotopic (exact) mass is 417 g/mol. The minimum Gasteiger partial charge on any atom is -0.492 e. The number of ether oxygens (including phenoxy) is 1. The van der Waals surface area contributed by atoms with Crippen molar-refractivity contribution in [3.8, 4) is 17.1 Å². The quantitative estimate of drug-likeness (QED) is 0.600. The number of hydrogen-bond donors (Lipinski definition) is 2. The summed E-state index contributed by atoms with van der Waals surface area (Å²) in [6.45, 7) is -2.61. The molecule has 0 aromatic carbocycles. The van der Waals surface area contributed by atoms with Gasteiger partial charge in [0.25, 0.3) is 0 Å². The molecule has 0 radical (unpaired) electrons. The van der Waals surface area contributed by atoms with Crippen molar-refractivity contribution in [2.75, 3.05) is 19.4 Å². The van der Waals surface area contributed by atoms with E-state index in [2.05, 4.69) is 30.7 Å². The summed E-state index contributed by atoms with van der Waals surface area (Å²) in [4.78, 5) is 18.1. The smallest absolute Gasteiger partial charge is 0.225 e. The van der Waals surface area contributed by atoms with E-state index in [1.165, 1.54) is 13.2 Å². The Hall–Kier alpha value is -3.27. The van der Waals surface area contributed by atoms with Gasteiger partial charge in [-0.05, 0) is 18.9 Å². The van der Waals surface area contributed by atoms with Gasteiger partial charge in [0.15, 0.2) is 10.9 Å². The van der Waals surface area contributed by atoms with Gasteiger partial charge < -0.3 is 15.4 Å². The minimum absolute atomic E-state index is 0.0908. The molecule has 2 N–H and O–H groups in total. The number of nitrogens with one attached hydrogen (secondary N) is 2. The second-order valence-electron chi connectivity index (χ2n) is 6.40. The first-order valence-corrected chi connectivity index (χ1v) is 9.16. The highest BCUT2D eigenvalue weighted by atomic mass is 35.5. The summed E-state index contributed by atoms with van der Waals surface area (Å²) < 4.78 is 27.1. The van der Waals surface area contributed by atoms with Crippen molar-refractivity contribution in [2.24, 2.45) is 0 Å². The molecule has 0 saturated heterocycles. The van der Waals surface area contributed by atoms with Crippen LogP contribution in [0.4, 0.5) is 11.4 Å². The predicted octanol–water partition coefficient (Wildman–Crippen LogP) is 2.16. The number of likely N-dealkylation sites (N-methyl/N-ethyl adjacent to an activating group) is 1. The number of aromatic nitrogens is 6. The molecular formula is C18H19ClN8O2. The summed E-state index contributed by atoms with van der Waals surface area (Å²) in [5.41, 5.74) is 2.12. The van der Waals surface area contributed by atoms with E-state index >= 15 is 0 Å². The van der Waals surface area contributed by atoms with Crippen molar-refractivity contribution in [2.45, 2.75) is 25.3 Å². The number of pyridine rings is 1. The first-order valence-electron chi connectivity index (χ1n) is 10.3. The van der Waals surface area contributed by atoms with Crippen LogP contribution in [0.2, 0.25) is 5.15 Å². The van der Waals surface area contributed by atoms with Crippen LogP contribution >= 0.6 is 11.6 Å². The van der Waals surface area contributed by atoms with Gasteiger partial charge in [-0.3, -0.25) is 9.78 Å². The third-order valence-electron chi connectivity index (χ3n) is 4.31. The fraction of sp³-hybridized carbons (Fsp3) is 0.333. The highest BCUT2D eigenvalue weighted by Gasteiger charge is 2.27. The van der Waals surface area contributed by atoms with E-state index in [1.54, 1.807) is 23.3 Å². The summed E-state index contributed by atoms with van der Waals surface area (Å²) in [6.07, 6.45) is 4.99. The van der Waals surface area contributed by atoms with E-state index in [0.717, 1.165) is 12.8 Å². The first-order chi connectivity index (χ1) is 15.2. The molecule has 0 aliphatic heterocycles. The standard InChI is InChI=1S/C18H19ClN8O2/c1-20-16(28)8-13-12(7-15(19)25-24-13)23-11-5-6-21-17(18(11)29-2)14-9-22-27(26-14)10-3-4-10/h5-7,9-10H,3-4,8H2,1-2H3,(H,20,28)(H,21,23,25)/i1D3. The van der Waals surface area contributed by atoms with Crippen LogP contribution in [-0.4, -0.2) is 50.2 Å². The molecule has 1 saturated carbocycles. The average molecular weight is 418 g/mol. The maximum absolute atomic E-state index is 12.1. The Bertz CT molecular complexity index is 1150. The molecular weight excluding hydrogens is 396 g/mol. The highest BCUT2D eigenvalue weighted by Crippen LogP contribution is 2.38. The Kier molecular flexibility index (Phi) is 4.31. The molecule has 0 bridgehead atoms. The Morgan fingerprint density at radius 2 is 2.28 bits per heavy atom. The van der Waals surface area contributed by atoms with E-state index in [1.807, 2.05) is 5.32 Å². The molecule has 0 unspecified atom stereocenters. The minimum atomic E-state index is -2.61. The van der Waals surface area contributed by atoms with Gasteiger partial charge in [-0.1, -0.05) is 11.6 Å². The number of methoxy groups -OCH3 is 1. The van der Waals surface area contributed by atoms with Gasteiger partial charge in [-0.2, -0.15) is 20.1 Å². The van der Waals surface area contributed by atoms with E-state index < -0.39 is 12.9 Å². The SMILES string of the molecule is [2H]C([2H])([2H])NC(=O)Cc1nnc(Cl)cc1Nc1ccnc(-c2cnn(C3CC3)n2)c1OC. The van der Waals surface area contributed by atoms with E-state index in [0.29, 0.717) is 34.6 Å². The topological polar surface area (TPSA) is 120 Å². The lowest BCUT2D eigenvalue weighted by Crippen LogP contribution is -2.21. The van der Waals surface area contributed by atoms with Crippen molar-refractivity contribution < 1.29 is 13.6 Å². The number of halogens is 1. The number of carbonyl (C=O) groups is 1. The number of amides is 1. The van der Waals surface area contributed by atoms with Gasteiger partial charge >= 0.3 is 0 Å². The Morgan fingerprint density at radius 1 is 1.41 bits per heavy atom. The Labute approximate surface area is 175 Å². The number of anilines is 2. The molecule has 10 nitrogen and oxygen atoms in total. The number of rotatable bonds is 7. The van der Waals surface area contributed by atoms with Gasteiger partial charge in [0.2, 0.25) is 5.91 Å². The number of carbonyl (C=O) groups excluding carboxylic acids is 1. The van der Waals surface area contributed by atoms with Crippen LogP contribution in [0.1, 0.15) is 28.7 Å². The molecule has 1 fully saturated rings. The van der Waals surface area contributed by atoms with Crippen LogP contribution in [0, 0.1) is 0 Å². The Morgan fingerprint density at radius 3 is 3.03 bits per heavy atom. The van der Waals surface area contributed by atoms with Crippen molar-refractivity contribution in [1.29, 1.82) is 0 Å². The van der Waals surface area contributed by atoms with Gasteiger partial charge in [0, 0.05) is 23.4 Å². The van der Waals surface area contributed by atoms with Crippen LogP contribution < -0.4 is 15.4 Å². The number of hydrogen-bond acceptors (Lipinski definition) is 8. The van der Waals surface area contributed by atoms with Crippen LogP contribution in [-0.2, 0) is 11.2 Å². The lowest BCUT2D eigenvalue weighted by Gasteiger charge is -2.15. The third kappa shape index (κ3) is 4.11. The molecule has 1 amide bonds. The van der Waals surface area contributed by atoms with Crippen LogP contribution in [0.5, 0.6) is 5.75 Å². The van der Waals surface area contributed by atoms with Crippen molar-refractivity contribution in [3.05, 3.63) is 35.4 Å². The van der Waals surface area contributed by atoms with Gasteiger partial charge in [0.05, 0.1) is 42.8 Å². The van der Waals surface area contributed by atoms with Crippen molar-refractivity contribution in [3.63, 3.8) is 0 Å². The summed E-state index contributed by atoms with van der Waals surface area (Å²) in [5.74, 6) is -0.329. The van der Waals surface area contributed by atoms with Crippen LogP contribution in [0.15, 0.2) is 24.5 Å². The van der Waals surface area contributed by atoms with Crippen molar-refractivity contribution in [1.82, 2.24) is 35.5 Å². The zero-order valence-electron chi connectivity index (χ0n) is 18.4. The van der Waals surface area contributed by atoms with E-state index in [-0.39, 0.29) is 17.3 Å². The van der Waals surface area contributed by atoms with E-state index in [9.17, 15) is 4.79 Å². The molecule has 3 heterocycles. The normalized spacial score (nSPS) is 15.2. The maximum Gasteiger partial charge on any atom is 0.225 e. The predicted molar refractivity (Wildman–Crippen MR) is 106 cm³/mol. The summed E-state index contributed by atoms with van der Waals surface area (Å²) in [7, 11) is 1.50. The molecule has 3 aromatic rings. The first kappa shape index (κ1) is 15.6. The molecule has 29 heavy (non-hydrogen) atoms. The molecule has 3 aromatic heterocycles. The molecule has 1 aliphatic carbocycles. The molecule has 150 valence electrons. The van der Waals surface area contributed by atoms with Crippen LogP contribution in [0.25, 0.3) is 11.4 Å². The third-order valence-corrected chi connectivity index (χ3v) is 4.50. The van der Waals surface area contributed by atoms with Crippen molar-refractivity contribution >= 4 is 28.9 Å². The average Bonchev–Trinajstić information content (AvgIpc) is 3.45. The fourth-order valence-corrected chi connectivity index (χ4v) is 2.92. The lowest BCUT2D eigenvalue weighted by molar-refractivity contribution is -0.120. The summed E-state index contributed by atoms with van der Waals surface area (Å²) in [6, 6.07) is 3.48. The lowest BCUT2D eigenvalue weighted by atomic mass is 10.2. The zero-order valence-corrected chi connectivity index (χ0v) is 16.1. The molecule has 1 aliphatic rings. The van der Waals surface area contributed by atoms with Gasteiger partial charge in [-0.25, -0.2) is 0 Å². The Balaban J connectivity index is 1.63. The van der Waals surface area contributed by atoms with Crippen LogP contribution in [0.3, 0.4) is 0 Å². The molecule has 0 atom stereocenters. The second-order valence-corrected chi connectivity index (χ2v) is 6.79. The molecule has 0 spiro atoms. The second kappa shape index (κ2) is 8.00. The number of nitrogens with zero attached hydrogens (tertiary/aromatic N) is 6. The largest absolute Gasteiger partial charge is 0.492 e. The van der Waals surface area contributed by atoms with Gasteiger partial charge in [0.1, 0.15) is 11.4 Å². The molecule has 11 heteroatoms. The highest BCUT2D eigenvalue weighted by molar-refractivity contribution is 6.29. The fourth-order valence-electron chi connectivity index (χ4n) is 2.77. The zero-order chi connectivity index (χ0) is 22.9. The summed E-state index contributed by atoms with van der Waals surface area (Å²) >= 11 is 6.00.